The van der Waals surface area contributed by atoms with Crippen LogP contribution < -0.4 is 5.32 Å². The van der Waals surface area contributed by atoms with Crippen LogP contribution in [0.2, 0.25) is 0 Å². The number of hydrogen-bond acceptors (Lipinski definition) is 5. The number of nitrogens with zero attached hydrogens (tertiary/aromatic N) is 3. The van der Waals surface area contributed by atoms with Crippen LogP contribution in [0.15, 0.2) is 48.8 Å². The molecule has 1 N–H and O–H groups in total. The molecule has 1 aromatic carbocycles. The standard InChI is InChI=1S/C19H20N4OS/c1-3-14-4-6-15(7-5-14)12-17(21-13(2)24)19-23-22-18(25-19)16-8-10-20-11-9-16/h4-11,17H,3,12H2,1-2H3,(H,21,24). The highest BCUT2D eigenvalue weighted by Crippen LogP contribution is 2.28. The minimum atomic E-state index is -0.182. The summed E-state index contributed by atoms with van der Waals surface area (Å²) in [5.74, 6) is -0.0733. The first kappa shape index (κ1) is 17.2. The van der Waals surface area contributed by atoms with E-state index in [0.717, 1.165) is 27.6 Å². The molecule has 25 heavy (non-hydrogen) atoms. The maximum absolute atomic E-state index is 11.6. The molecule has 3 aromatic rings. The third kappa shape index (κ3) is 4.48. The highest BCUT2D eigenvalue weighted by atomic mass is 32.1. The lowest BCUT2D eigenvalue weighted by atomic mass is 10.0. The molecule has 3 rings (SSSR count). The SMILES string of the molecule is CCc1ccc(CC(NC(C)=O)c2nnc(-c3ccncc3)s2)cc1. The minimum absolute atomic E-state index is 0.0733. The molecule has 1 unspecified atom stereocenters. The first-order chi connectivity index (χ1) is 12.2. The zero-order chi connectivity index (χ0) is 17.6. The van der Waals surface area contributed by atoms with Crippen molar-refractivity contribution in [1.82, 2.24) is 20.5 Å². The second-order valence-electron chi connectivity index (χ2n) is 5.81. The summed E-state index contributed by atoms with van der Waals surface area (Å²) in [4.78, 5) is 15.7. The van der Waals surface area contributed by atoms with Gasteiger partial charge in [0.05, 0.1) is 6.04 Å². The van der Waals surface area contributed by atoms with Gasteiger partial charge in [-0.2, -0.15) is 0 Å². The van der Waals surface area contributed by atoms with Gasteiger partial charge in [0.1, 0.15) is 10.0 Å². The van der Waals surface area contributed by atoms with Crippen molar-refractivity contribution in [3.63, 3.8) is 0 Å². The third-order valence-electron chi connectivity index (χ3n) is 3.91. The number of pyridine rings is 1. The number of carbonyl (C=O) groups is 1. The number of amides is 1. The fraction of sp³-hybridized carbons (Fsp3) is 0.263. The van der Waals surface area contributed by atoms with Gasteiger partial charge >= 0.3 is 0 Å². The number of benzene rings is 1. The Morgan fingerprint density at radius 1 is 1.08 bits per heavy atom. The molecular formula is C19H20N4OS. The number of aryl methyl sites for hydroxylation is 1. The number of nitrogens with one attached hydrogen (secondary N) is 1. The molecule has 0 aliphatic heterocycles. The van der Waals surface area contributed by atoms with Crippen LogP contribution in [0.25, 0.3) is 10.6 Å². The average Bonchev–Trinajstić information content (AvgIpc) is 3.12. The second-order valence-corrected chi connectivity index (χ2v) is 6.82. The molecule has 0 saturated carbocycles. The highest BCUT2D eigenvalue weighted by Gasteiger charge is 2.19. The van der Waals surface area contributed by atoms with E-state index in [4.69, 9.17) is 0 Å². The first-order valence-electron chi connectivity index (χ1n) is 8.24. The van der Waals surface area contributed by atoms with Gasteiger partial charge in [0, 0.05) is 24.9 Å². The topological polar surface area (TPSA) is 67.8 Å². The third-order valence-corrected chi connectivity index (χ3v) is 5.00. The lowest BCUT2D eigenvalue weighted by Gasteiger charge is -2.15. The van der Waals surface area contributed by atoms with E-state index in [1.807, 2.05) is 12.1 Å². The molecule has 0 spiro atoms. The van der Waals surface area contributed by atoms with Crippen LogP contribution in [0.5, 0.6) is 0 Å². The highest BCUT2D eigenvalue weighted by molar-refractivity contribution is 7.14. The fourth-order valence-corrected chi connectivity index (χ4v) is 3.48. The molecule has 2 aromatic heterocycles. The molecular weight excluding hydrogens is 332 g/mol. The van der Waals surface area contributed by atoms with E-state index in [0.29, 0.717) is 6.42 Å². The summed E-state index contributed by atoms with van der Waals surface area (Å²) in [6, 6.07) is 12.1. The van der Waals surface area contributed by atoms with Gasteiger partial charge in [-0.25, -0.2) is 0 Å². The van der Waals surface area contributed by atoms with Crippen molar-refractivity contribution < 1.29 is 4.79 Å². The lowest BCUT2D eigenvalue weighted by Crippen LogP contribution is -2.27. The maximum Gasteiger partial charge on any atom is 0.217 e. The number of aromatic nitrogens is 3. The molecule has 0 saturated heterocycles. The summed E-state index contributed by atoms with van der Waals surface area (Å²) < 4.78 is 0. The number of rotatable bonds is 6. The Bertz CT molecular complexity index is 830. The Labute approximate surface area is 151 Å². The van der Waals surface area contributed by atoms with Crippen LogP contribution in [-0.2, 0) is 17.6 Å². The number of carbonyl (C=O) groups excluding carboxylic acids is 1. The van der Waals surface area contributed by atoms with Crippen LogP contribution in [0.4, 0.5) is 0 Å². The molecule has 5 nitrogen and oxygen atoms in total. The van der Waals surface area contributed by atoms with E-state index in [-0.39, 0.29) is 11.9 Å². The molecule has 0 radical (unpaired) electrons. The van der Waals surface area contributed by atoms with Gasteiger partial charge in [-0.15, -0.1) is 10.2 Å². The second kappa shape index (κ2) is 7.98. The van der Waals surface area contributed by atoms with Gasteiger partial charge in [0.15, 0.2) is 0 Å². The van der Waals surface area contributed by atoms with Crippen LogP contribution >= 0.6 is 11.3 Å². The van der Waals surface area contributed by atoms with Crippen molar-refractivity contribution in [2.45, 2.75) is 32.7 Å². The largest absolute Gasteiger partial charge is 0.347 e. The maximum atomic E-state index is 11.6. The van der Waals surface area contributed by atoms with E-state index < -0.39 is 0 Å². The van der Waals surface area contributed by atoms with Crippen LogP contribution in [0, 0.1) is 0 Å². The fourth-order valence-electron chi connectivity index (χ4n) is 2.58. The average molecular weight is 352 g/mol. The van der Waals surface area contributed by atoms with Crippen molar-refractivity contribution in [2.24, 2.45) is 0 Å². The van der Waals surface area contributed by atoms with Gasteiger partial charge in [0.2, 0.25) is 5.91 Å². The van der Waals surface area contributed by atoms with E-state index in [2.05, 4.69) is 51.7 Å². The molecule has 0 aliphatic carbocycles. The van der Waals surface area contributed by atoms with Crippen molar-refractivity contribution in [3.05, 3.63) is 64.9 Å². The normalized spacial score (nSPS) is 11.9. The predicted octanol–water partition coefficient (Wildman–Crippen LogP) is 3.58. The Morgan fingerprint density at radius 2 is 1.76 bits per heavy atom. The van der Waals surface area contributed by atoms with Gasteiger partial charge in [0.25, 0.3) is 0 Å². The molecule has 0 aliphatic rings. The summed E-state index contributed by atoms with van der Waals surface area (Å²) in [5, 5.41) is 13.2. The quantitative estimate of drug-likeness (QED) is 0.736. The summed E-state index contributed by atoms with van der Waals surface area (Å²) in [6.45, 7) is 3.66. The zero-order valence-electron chi connectivity index (χ0n) is 14.3. The lowest BCUT2D eigenvalue weighted by molar-refractivity contribution is -0.119. The van der Waals surface area contributed by atoms with E-state index in [1.54, 1.807) is 12.4 Å². The van der Waals surface area contributed by atoms with Crippen molar-refractivity contribution in [1.29, 1.82) is 0 Å². The Morgan fingerprint density at radius 3 is 2.40 bits per heavy atom. The van der Waals surface area contributed by atoms with Crippen LogP contribution in [0.1, 0.15) is 36.0 Å². The number of hydrogen-bond donors (Lipinski definition) is 1. The van der Waals surface area contributed by atoms with Gasteiger partial charge in [-0.05, 0) is 36.1 Å². The Hall–Kier alpha value is -2.60. The molecule has 1 atom stereocenters. The van der Waals surface area contributed by atoms with E-state index in [9.17, 15) is 4.79 Å². The van der Waals surface area contributed by atoms with Crippen LogP contribution in [0.3, 0.4) is 0 Å². The Kier molecular flexibility index (Phi) is 5.50. The molecule has 2 heterocycles. The van der Waals surface area contributed by atoms with Gasteiger partial charge in [-0.3, -0.25) is 9.78 Å². The zero-order valence-corrected chi connectivity index (χ0v) is 15.1. The van der Waals surface area contributed by atoms with Crippen molar-refractivity contribution in [2.75, 3.05) is 0 Å². The first-order valence-corrected chi connectivity index (χ1v) is 9.06. The van der Waals surface area contributed by atoms with Gasteiger partial charge in [-0.1, -0.05) is 42.5 Å². The summed E-state index contributed by atoms with van der Waals surface area (Å²) in [7, 11) is 0. The van der Waals surface area contributed by atoms with Gasteiger partial charge < -0.3 is 5.32 Å². The van der Waals surface area contributed by atoms with Crippen molar-refractivity contribution >= 4 is 17.2 Å². The molecule has 0 bridgehead atoms. The summed E-state index contributed by atoms with van der Waals surface area (Å²) in [5.41, 5.74) is 3.44. The molecule has 128 valence electrons. The summed E-state index contributed by atoms with van der Waals surface area (Å²) >= 11 is 1.50. The summed E-state index contributed by atoms with van der Waals surface area (Å²) in [6.07, 6.45) is 5.17. The van der Waals surface area contributed by atoms with E-state index >= 15 is 0 Å². The Balaban J connectivity index is 1.83. The monoisotopic (exact) mass is 352 g/mol. The smallest absolute Gasteiger partial charge is 0.217 e. The molecule has 1 amide bonds. The van der Waals surface area contributed by atoms with Crippen molar-refractivity contribution in [3.8, 4) is 10.6 Å². The molecule has 6 heteroatoms. The van der Waals surface area contributed by atoms with E-state index in [1.165, 1.54) is 23.8 Å². The minimum Gasteiger partial charge on any atom is -0.347 e. The predicted molar refractivity (Wildman–Crippen MR) is 99.2 cm³/mol. The van der Waals surface area contributed by atoms with Crippen LogP contribution in [-0.4, -0.2) is 21.1 Å². The molecule has 0 fully saturated rings.